The van der Waals surface area contributed by atoms with Gasteiger partial charge in [-0.1, -0.05) is 18.2 Å². The van der Waals surface area contributed by atoms with E-state index < -0.39 is 5.92 Å². The second-order valence-corrected chi connectivity index (χ2v) is 8.74. The van der Waals surface area contributed by atoms with E-state index in [-0.39, 0.29) is 24.5 Å². The zero-order valence-electron chi connectivity index (χ0n) is 18.7. The highest BCUT2D eigenvalue weighted by molar-refractivity contribution is 5.97. The molecule has 1 heterocycles. The smallest absolute Gasteiger partial charge is 0.248 e. The Balaban J connectivity index is 1.30. The molecule has 0 spiro atoms. The van der Waals surface area contributed by atoms with Gasteiger partial charge >= 0.3 is 0 Å². The minimum atomic E-state index is -2.49. The summed E-state index contributed by atoms with van der Waals surface area (Å²) < 4.78 is 31.7. The third kappa shape index (κ3) is 6.37. The number of ether oxygens (including phenoxy) is 1. The number of pyridine rings is 1. The summed E-state index contributed by atoms with van der Waals surface area (Å²) in [4.78, 5) is 16.8. The third-order valence-corrected chi connectivity index (χ3v) is 5.97. The zero-order chi connectivity index (χ0) is 23.3. The van der Waals surface area contributed by atoms with E-state index in [0.29, 0.717) is 31.4 Å². The number of halogens is 2. The summed E-state index contributed by atoms with van der Waals surface area (Å²) >= 11 is 0. The van der Waals surface area contributed by atoms with E-state index in [2.05, 4.69) is 10.3 Å². The number of ketones is 1. The maximum absolute atomic E-state index is 12.9. The van der Waals surface area contributed by atoms with Crippen LogP contribution in [0.1, 0.15) is 53.7 Å². The fraction of sp³-hybridized carbons (Fsp3) is 0.333. The molecule has 1 aliphatic carbocycles. The van der Waals surface area contributed by atoms with Crippen molar-refractivity contribution in [2.24, 2.45) is 5.92 Å². The summed E-state index contributed by atoms with van der Waals surface area (Å²) in [5, 5.41) is 3.37. The van der Waals surface area contributed by atoms with Gasteiger partial charge in [0.05, 0.1) is 5.69 Å². The van der Waals surface area contributed by atoms with Gasteiger partial charge in [0.2, 0.25) is 5.92 Å². The topological polar surface area (TPSA) is 51.2 Å². The van der Waals surface area contributed by atoms with Gasteiger partial charge in [0, 0.05) is 42.4 Å². The zero-order valence-corrected chi connectivity index (χ0v) is 18.7. The van der Waals surface area contributed by atoms with Crippen molar-refractivity contribution in [3.05, 3.63) is 83.7 Å². The fourth-order valence-corrected chi connectivity index (χ4v) is 4.12. The Morgan fingerprint density at radius 1 is 1.12 bits per heavy atom. The average Bonchev–Trinajstić information content (AvgIpc) is 2.79. The molecule has 0 amide bonds. The van der Waals surface area contributed by atoms with Crippen LogP contribution in [0.2, 0.25) is 0 Å². The molecule has 6 heteroatoms. The molecule has 0 saturated heterocycles. The molecule has 1 fully saturated rings. The molecule has 1 aliphatic rings. The van der Waals surface area contributed by atoms with Crippen molar-refractivity contribution in [2.75, 3.05) is 5.32 Å². The quantitative estimate of drug-likeness (QED) is 0.334. The summed E-state index contributed by atoms with van der Waals surface area (Å²) in [7, 11) is 0. The Labute approximate surface area is 193 Å². The number of benzene rings is 2. The first-order valence-electron chi connectivity index (χ1n) is 11.3. The number of hydrogen-bond donors (Lipinski definition) is 1. The lowest BCUT2D eigenvalue weighted by Crippen LogP contribution is -2.35. The first kappa shape index (κ1) is 22.9. The Morgan fingerprint density at radius 3 is 2.70 bits per heavy atom. The van der Waals surface area contributed by atoms with E-state index in [1.165, 1.54) is 0 Å². The molecule has 172 valence electrons. The Hall–Kier alpha value is -3.28. The Bertz CT molecular complexity index is 1090. The molecule has 0 atom stereocenters. The van der Waals surface area contributed by atoms with Crippen molar-refractivity contribution in [3.8, 4) is 5.75 Å². The number of hydrogen-bond acceptors (Lipinski definition) is 4. The number of Topliss-reactive ketones (excluding diaryl/α,β-unsaturated/α-hetero) is 1. The van der Waals surface area contributed by atoms with E-state index in [4.69, 9.17) is 4.74 Å². The minimum absolute atomic E-state index is 0.0348. The van der Waals surface area contributed by atoms with Crippen LogP contribution in [0.5, 0.6) is 5.75 Å². The molecule has 2 aromatic carbocycles. The summed E-state index contributed by atoms with van der Waals surface area (Å²) in [6, 6.07) is 18.9. The van der Waals surface area contributed by atoms with Crippen molar-refractivity contribution in [2.45, 2.75) is 51.6 Å². The van der Waals surface area contributed by atoms with Gasteiger partial charge in [0.25, 0.3) is 0 Å². The highest BCUT2D eigenvalue weighted by Crippen LogP contribution is 2.44. The minimum Gasteiger partial charge on any atom is -0.487 e. The van der Waals surface area contributed by atoms with Crippen LogP contribution in [0, 0.1) is 12.8 Å². The standard InChI is InChI=1S/C27H28F2N2O2/c1-19-14-24(33-18-23-8-2-3-13-30-23)11-12-25(19)31-22-9-5-7-21(15-22)26(32)10-4-6-20-16-27(28,29)17-20/h2-3,5,7-9,11-15,20,31H,4,6,10,16-18H2,1H3. The highest BCUT2D eigenvalue weighted by Gasteiger charge is 2.44. The number of anilines is 2. The molecule has 4 rings (SSSR count). The van der Waals surface area contributed by atoms with E-state index >= 15 is 0 Å². The van der Waals surface area contributed by atoms with Crippen molar-refractivity contribution in [1.29, 1.82) is 0 Å². The summed E-state index contributed by atoms with van der Waals surface area (Å²) in [5.41, 5.74) is 4.26. The van der Waals surface area contributed by atoms with E-state index in [9.17, 15) is 13.6 Å². The van der Waals surface area contributed by atoms with Crippen LogP contribution in [0.15, 0.2) is 66.9 Å². The van der Waals surface area contributed by atoms with Gasteiger partial charge in [-0.05, 0) is 73.7 Å². The number of aromatic nitrogens is 1. The maximum Gasteiger partial charge on any atom is 0.248 e. The fourth-order valence-electron chi connectivity index (χ4n) is 4.12. The molecule has 1 aromatic heterocycles. The molecule has 4 nitrogen and oxygen atoms in total. The van der Waals surface area contributed by atoms with Gasteiger partial charge in [-0.3, -0.25) is 9.78 Å². The summed E-state index contributed by atoms with van der Waals surface area (Å²) in [5.74, 6) is -1.63. The van der Waals surface area contributed by atoms with Gasteiger partial charge < -0.3 is 10.1 Å². The van der Waals surface area contributed by atoms with E-state index in [0.717, 1.165) is 28.4 Å². The number of rotatable bonds is 10. The van der Waals surface area contributed by atoms with Crippen molar-refractivity contribution >= 4 is 17.2 Å². The van der Waals surface area contributed by atoms with Crippen LogP contribution in [0.3, 0.4) is 0 Å². The lowest BCUT2D eigenvalue weighted by Gasteiger charge is -2.34. The van der Waals surface area contributed by atoms with Crippen LogP contribution in [0.4, 0.5) is 20.2 Å². The molecule has 3 aromatic rings. The predicted molar refractivity (Wildman–Crippen MR) is 125 cm³/mol. The first-order chi connectivity index (χ1) is 15.9. The van der Waals surface area contributed by atoms with Crippen LogP contribution >= 0.6 is 0 Å². The molecule has 0 aliphatic heterocycles. The van der Waals surface area contributed by atoms with Gasteiger partial charge in [-0.25, -0.2) is 8.78 Å². The van der Waals surface area contributed by atoms with E-state index in [1.807, 2.05) is 61.5 Å². The highest BCUT2D eigenvalue weighted by atomic mass is 19.3. The molecule has 1 N–H and O–H groups in total. The van der Waals surface area contributed by atoms with Gasteiger partial charge in [-0.15, -0.1) is 0 Å². The number of carbonyl (C=O) groups is 1. The van der Waals surface area contributed by atoms with Crippen molar-refractivity contribution in [3.63, 3.8) is 0 Å². The van der Waals surface area contributed by atoms with Gasteiger partial charge in [-0.2, -0.15) is 0 Å². The lowest BCUT2D eigenvalue weighted by molar-refractivity contribution is -0.112. The molecular weight excluding hydrogens is 422 g/mol. The second kappa shape index (κ2) is 10.1. The van der Waals surface area contributed by atoms with Crippen LogP contribution in [0.25, 0.3) is 0 Å². The first-order valence-corrected chi connectivity index (χ1v) is 11.3. The molecule has 0 unspecified atom stereocenters. The maximum atomic E-state index is 12.9. The Morgan fingerprint density at radius 2 is 1.97 bits per heavy atom. The number of aryl methyl sites for hydroxylation is 1. The number of nitrogens with one attached hydrogen (secondary N) is 1. The SMILES string of the molecule is Cc1cc(OCc2ccccn2)ccc1Nc1cccc(C(=O)CCCC2CC(F)(F)C2)c1. The normalized spacial score (nSPS) is 15.0. The molecule has 0 radical (unpaired) electrons. The lowest BCUT2D eigenvalue weighted by atomic mass is 9.78. The monoisotopic (exact) mass is 450 g/mol. The van der Waals surface area contributed by atoms with Crippen LogP contribution in [-0.4, -0.2) is 16.7 Å². The number of nitrogens with zero attached hydrogens (tertiary/aromatic N) is 1. The molecule has 33 heavy (non-hydrogen) atoms. The molecular formula is C27H28F2N2O2. The van der Waals surface area contributed by atoms with Gasteiger partial charge in [0.15, 0.2) is 5.78 Å². The number of carbonyl (C=O) groups excluding carboxylic acids is 1. The summed E-state index contributed by atoms with van der Waals surface area (Å²) in [6.07, 6.45) is 3.39. The molecule has 0 bridgehead atoms. The average molecular weight is 451 g/mol. The van der Waals surface area contributed by atoms with Crippen molar-refractivity contribution < 1.29 is 18.3 Å². The van der Waals surface area contributed by atoms with Crippen LogP contribution in [-0.2, 0) is 6.61 Å². The Kier molecular flexibility index (Phi) is 7.02. The second-order valence-electron chi connectivity index (χ2n) is 8.74. The predicted octanol–water partition coefficient (Wildman–Crippen LogP) is 7.11. The molecule has 1 saturated carbocycles. The summed E-state index contributed by atoms with van der Waals surface area (Å²) in [6.45, 7) is 2.40. The largest absolute Gasteiger partial charge is 0.487 e. The van der Waals surface area contributed by atoms with E-state index in [1.54, 1.807) is 12.3 Å². The van der Waals surface area contributed by atoms with Crippen LogP contribution < -0.4 is 10.1 Å². The van der Waals surface area contributed by atoms with Gasteiger partial charge in [0.1, 0.15) is 12.4 Å². The van der Waals surface area contributed by atoms with Crippen molar-refractivity contribution in [1.82, 2.24) is 4.98 Å². The third-order valence-electron chi connectivity index (χ3n) is 5.97. The number of alkyl halides is 2.